The quantitative estimate of drug-likeness (QED) is 0.460. The monoisotopic (exact) mass is 152 g/mol. The average molecular weight is 152 g/mol. The highest BCUT2D eigenvalue weighted by Crippen LogP contribution is 2.22. The number of nitrogen functional groups attached to an aromatic ring is 1. The van der Waals surface area contributed by atoms with Crippen LogP contribution >= 0.6 is 0 Å². The zero-order chi connectivity index (χ0) is 7.84. The number of hydrogen-bond acceptors (Lipinski definition) is 4. The van der Waals surface area contributed by atoms with Crippen LogP contribution in [-0.2, 0) is 6.42 Å². The van der Waals surface area contributed by atoms with E-state index in [9.17, 15) is 4.79 Å². The van der Waals surface area contributed by atoms with E-state index in [1.165, 1.54) is 0 Å². The van der Waals surface area contributed by atoms with Crippen LogP contribution in [0.5, 0.6) is 0 Å². The largest absolute Gasteiger partial charge is 0.382 e. The number of nitrogens with one attached hydrogen (secondary N) is 2. The van der Waals surface area contributed by atoms with E-state index in [0.717, 1.165) is 24.3 Å². The number of H-pyrrole nitrogens is 1. The maximum absolute atomic E-state index is 10.8. The van der Waals surface area contributed by atoms with E-state index in [1.54, 1.807) is 0 Å². The standard InChI is InChI=1S/C6H8N4O/c7-5-4-3(1-2-8-4)9-6(11)10-5/h8H,1-2H2,(H3,7,9,10,11). The van der Waals surface area contributed by atoms with Gasteiger partial charge in [-0.2, -0.15) is 4.98 Å². The summed E-state index contributed by atoms with van der Waals surface area (Å²) in [6, 6.07) is 0. The normalized spacial score (nSPS) is 14.2. The Morgan fingerprint density at radius 3 is 3.18 bits per heavy atom. The second-order valence-electron chi connectivity index (χ2n) is 2.46. The maximum atomic E-state index is 10.8. The van der Waals surface area contributed by atoms with Gasteiger partial charge in [-0.15, -0.1) is 0 Å². The first-order chi connectivity index (χ1) is 5.27. The minimum absolute atomic E-state index is 0.293. The maximum Gasteiger partial charge on any atom is 0.347 e. The fraction of sp³-hybridized carbons (Fsp3) is 0.333. The molecule has 0 unspecified atom stereocenters. The highest BCUT2D eigenvalue weighted by atomic mass is 16.1. The predicted molar refractivity (Wildman–Crippen MR) is 41.5 cm³/mol. The number of hydrogen-bond donors (Lipinski definition) is 3. The number of aromatic amines is 1. The SMILES string of the molecule is Nc1nc(=O)[nH]c2c1NCC2. The Balaban J connectivity index is 2.70. The Morgan fingerprint density at radius 2 is 2.36 bits per heavy atom. The van der Waals surface area contributed by atoms with Crippen LogP contribution < -0.4 is 16.7 Å². The van der Waals surface area contributed by atoms with Crippen LogP contribution in [0.1, 0.15) is 5.69 Å². The van der Waals surface area contributed by atoms with Gasteiger partial charge in [-0.05, 0) is 0 Å². The smallest absolute Gasteiger partial charge is 0.347 e. The van der Waals surface area contributed by atoms with Gasteiger partial charge in [0.05, 0.1) is 5.69 Å². The Labute approximate surface area is 62.6 Å². The van der Waals surface area contributed by atoms with E-state index in [4.69, 9.17) is 5.73 Å². The van der Waals surface area contributed by atoms with Gasteiger partial charge in [-0.25, -0.2) is 4.79 Å². The van der Waals surface area contributed by atoms with E-state index in [-0.39, 0.29) is 5.69 Å². The predicted octanol–water partition coefficient (Wildman–Crippen LogP) is -0.680. The number of aromatic nitrogens is 2. The zero-order valence-electron chi connectivity index (χ0n) is 5.85. The Bertz CT molecular complexity index is 343. The van der Waals surface area contributed by atoms with Crippen LogP contribution in [-0.4, -0.2) is 16.5 Å². The summed E-state index contributed by atoms with van der Waals surface area (Å²) < 4.78 is 0. The number of nitrogens with two attached hydrogens (primary N) is 1. The lowest BCUT2D eigenvalue weighted by molar-refractivity contribution is 0.989. The molecule has 0 aliphatic carbocycles. The van der Waals surface area contributed by atoms with Crippen molar-refractivity contribution in [3.63, 3.8) is 0 Å². The molecule has 4 N–H and O–H groups in total. The van der Waals surface area contributed by atoms with E-state index in [0.29, 0.717) is 5.82 Å². The molecule has 0 spiro atoms. The average Bonchev–Trinajstić information content (AvgIpc) is 2.34. The summed E-state index contributed by atoms with van der Waals surface area (Å²) in [6.07, 6.45) is 0.817. The van der Waals surface area contributed by atoms with Crippen molar-refractivity contribution in [2.24, 2.45) is 0 Å². The van der Waals surface area contributed by atoms with E-state index >= 15 is 0 Å². The summed E-state index contributed by atoms with van der Waals surface area (Å²) in [5.74, 6) is 0.293. The summed E-state index contributed by atoms with van der Waals surface area (Å²) in [5.41, 5.74) is 6.75. The summed E-state index contributed by atoms with van der Waals surface area (Å²) in [4.78, 5) is 16.9. The van der Waals surface area contributed by atoms with Gasteiger partial charge in [-0.1, -0.05) is 0 Å². The summed E-state index contributed by atoms with van der Waals surface area (Å²) in [7, 11) is 0. The molecule has 0 fully saturated rings. The Hall–Kier alpha value is -1.52. The van der Waals surface area contributed by atoms with Crippen LogP contribution in [0.3, 0.4) is 0 Å². The Kier molecular flexibility index (Phi) is 1.12. The molecule has 5 heteroatoms. The van der Waals surface area contributed by atoms with Gasteiger partial charge in [0.25, 0.3) is 0 Å². The second-order valence-corrected chi connectivity index (χ2v) is 2.46. The first kappa shape index (κ1) is 6.21. The molecular formula is C6H8N4O. The summed E-state index contributed by atoms with van der Waals surface area (Å²) in [6.45, 7) is 0.821. The third-order valence-electron chi connectivity index (χ3n) is 1.71. The van der Waals surface area contributed by atoms with Crippen molar-refractivity contribution in [1.82, 2.24) is 9.97 Å². The molecule has 1 aromatic heterocycles. The summed E-state index contributed by atoms with van der Waals surface area (Å²) >= 11 is 0. The second kappa shape index (κ2) is 1.98. The third kappa shape index (κ3) is 0.849. The van der Waals surface area contributed by atoms with Crippen LogP contribution in [0.4, 0.5) is 11.5 Å². The lowest BCUT2D eigenvalue weighted by atomic mass is 10.3. The van der Waals surface area contributed by atoms with Gasteiger partial charge in [0.1, 0.15) is 0 Å². The molecule has 0 radical (unpaired) electrons. The molecular weight excluding hydrogens is 144 g/mol. The fourth-order valence-electron chi connectivity index (χ4n) is 1.24. The topological polar surface area (TPSA) is 83.8 Å². The highest BCUT2D eigenvalue weighted by Gasteiger charge is 2.14. The van der Waals surface area contributed by atoms with Crippen molar-refractivity contribution in [3.05, 3.63) is 16.2 Å². The van der Waals surface area contributed by atoms with E-state index in [2.05, 4.69) is 15.3 Å². The molecule has 58 valence electrons. The summed E-state index contributed by atoms with van der Waals surface area (Å²) in [5, 5.41) is 3.04. The van der Waals surface area contributed by atoms with Crippen LogP contribution in [0.15, 0.2) is 4.79 Å². The molecule has 1 aliphatic heterocycles. The lowest BCUT2D eigenvalue weighted by Gasteiger charge is -2.00. The van der Waals surface area contributed by atoms with Crippen molar-refractivity contribution in [1.29, 1.82) is 0 Å². The molecule has 1 aromatic rings. The van der Waals surface area contributed by atoms with Crippen LogP contribution in [0, 0.1) is 0 Å². The van der Waals surface area contributed by atoms with Gasteiger partial charge < -0.3 is 16.0 Å². The first-order valence-electron chi connectivity index (χ1n) is 3.40. The molecule has 0 saturated carbocycles. The van der Waals surface area contributed by atoms with E-state index in [1.807, 2.05) is 0 Å². The highest BCUT2D eigenvalue weighted by molar-refractivity contribution is 5.66. The first-order valence-corrected chi connectivity index (χ1v) is 3.40. The number of nitrogens with zero attached hydrogens (tertiary/aromatic N) is 1. The molecule has 0 amide bonds. The van der Waals surface area contributed by atoms with Gasteiger partial charge in [0, 0.05) is 18.7 Å². The zero-order valence-corrected chi connectivity index (χ0v) is 5.85. The molecule has 2 heterocycles. The molecule has 11 heavy (non-hydrogen) atoms. The molecule has 0 atom stereocenters. The number of fused-ring (bicyclic) bond motifs is 1. The minimum atomic E-state index is -0.370. The van der Waals surface area contributed by atoms with Crippen molar-refractivity contribution < 1.29 is 0 Å². The van der Waals surface area contributed by atoms with Gasteiger partial charge in [0.2, 0.25) is 0 Å². The fourth-order valence-corrected chi connectivity index (χ4v) is 1.24. The third-order valence-corrected chi connectivity index (χ3v) is 1.71. The van der Waals surface area contributed by atoms with Crippen molar-refractivity contribution in [3.8, 4) is 0 Å². The van der Waals surface area contributed by atoms with Gasteiger partial charge in [-0.3, -0.25) is 0 Å². The molecule has 0 bridgehead atoms. The molecule has 0 aromatic carbocycles. The Morgan fingerprint density at radius 1 is 1.55 bits per heavy atom. The lowest BCUT2D eigenvalue weighted by Crippen LogP contribution is -2.14. The van der Waals surface area contributed by atoms with Crippen molar-refractivity contribution in [2.75, 3.05) is 17.6 Å². The molecule has 0 saturated heterocycles. The van der Waals surface area contributed by atoms with Crippen LogP contribution in [0.25, 0.3) is 0 Å². The van der Waals surface area contributed by atoms with Crippen molar-refractivity contribution in [2.45, 2.75) is 6.42 Å². The van der Waals surface area contributed by atoms with Crippen molar-refractivity contribution >= 4 is 11.5 Å². The molecule has 5 nitrogen and oxygen atoms in total. The number of anilines is 2. The molecule has 1 aliphatic rings. The van der Waals surface area contributed by atoms with Gasteiger partial charge >= 0.3 is 5.69 Å². The van der Waals surface area contributed by atoms with E-state index < -0.39 is 0 Å². The van der Waals surface area contributed by atoms with Gasteiger partial charge in [0.15, 0.2) is 5.82 Å². The van der Waals surface area contributed by atoms with Crippen LogP contribution in [0.2, 0.25) is 0 Å². The number of rotatable bonds is 0. The minimum Gasteiger partial charge on any atom is -0.382 e. The molecule has 2 rings (SSSR count).